The molecule has 0 saturated carbocycles. The number of halogens is 4. The Morgan fingerprint density at radius 2 is 0.625 bits per heavy atom. The van der Waals surface area contributed by atoms with Crippen molar-refractivity contribution in [3.05, 3.63) is 0 Å². The van der Waals surface area contributed by atoms with Gasteiger partial charge in [-0.2, -0.15) is 0 Å². The van der Waals surface area contributed by atoms with E-state index in [0.29, 0.717) is 23.1 Å². The van der Waals surface area contributed by atoms with Gasteiger partial charge >= 0.3 is 23.1 Å². The second-order valence-corrected chi connectivity index (χ2v) is 26.4. The molecule has 0 aromatic rings. The van der Waals surface area contributed by atoms with Gasteiger partial charge in [-0.1, -0.05) is 0 Å². The molecule has 0 spiro atoms. The Kier molecular flexibility index (Phi) is 31.7. The quantitative estimate of drug-likeness (QED) is 0.441. The van der Waals surface area contributed by atoms with Gasteiger partial charge in [0.2, 0.25) is 0 Å². The van der Waals surface area contributed by atoms with Crippen LogP contribution in [0.2, 0.25) is 39.3 Å². The van der Waals surface area contributed by atoms with Crippen LogP contribution < -0.4 is 0 Å². The van der Waals surface area contributed by atoms with E-state index in [4.69, 9.17) is 9.59 Å². The maximum Gasteiger partial charge on any atom is 0.424 e. The van der Waals surface area contributed by atoms with Gasteiger partial charge in [-0.3, -0.25) is 0 Å². The van der Waals surface area contributed by atoms with Gasteiger partial charge in [-0.05, 0) is 39.3 Å². The molecular weight excluding hydrogens is 534 g/mol. The van der Waals surface area contributed by atoms with Crippen molar-refractivity contribution in [3.63, 3.8) is 0 Å². The van der Waals surface area contributed by atoms with E-state index in [1.54, 1.807) is 0 Å². The Labute approximate surface area is 143 Å². The van der Waals surface area contributed by atoms with E-state index in [1.807, 2.05) is 39.3 Å². The summed E-state index contributed by atoms with van der Waals surface area (Å²) in [5, 5.41) is 0. The van der Waals surface area contributed by atoms with Crippen LogP contribution in [-0.2, 0) is 0 Å². The lowest BCUT2D eigenvalue weighted by Gasteiger charge is -2.00. The van der Waals surface area contributed by atoms with Crippen molar-refractivity contribution in [2.75, 3.05) is 0 Å². The van der Waals surface area contributed by atoms with E-state index in [2.05, 4.69) is 56.2 Å². The molecule has 16 heavy (non-hydrogen) atoms. The molecule has 0 heterocycles. The summed E-state index contributed by atoms with van der Waals surface area (Å²) in [4.78, 5) is 17.3. The number of rotatable bonds is 0. The highest BCUT2D eigenvalue weighted by atomic mass is 79.9. The molecule has 0 bridgehead atoms. The maximum atomic E-state index is 8.66. The Bertz CT molecular complexity index is 96.1. The van der Waals surface area contributed by atoms with Crippen LogP contribution in [0.15, 0.2) is 0 Å². The number of hydrogen-bond acceptors (Lipinski definition) is 2. The van der Waals surface area contributed by atoms with Gasteiger partial charge < -0.3 is 9.59 Å². The molecule has 0 unspecified atom stereocenters. The van der Waals surface area contributed by atoms with Crippen LogP contribution in [0.5, 0.6) is 0 Å². The molecule has 0 rings (SSSR count). The van der Waals surface area contributed by atoms with E-state index in [-0.39, 0.29) is 0 Å². The lowest BCUT2D eigenvalue weighted by molar-refractivity contribution is 0.559. The summed E-state index contributed by atoms with van der Waals surface area (Å²) in [6.07, 6.45) is 0. The lowest BCUT2D eigenvalue weighted by atomic mass is 11.8. The highest BCUT2D eigenvalue weighted by Gasteiger charge is 2.04. The van der Waals surface area contributed by atoms with Crippen LogP contribution in [0, 0.1) is 0 Å². The minimum Gasteiger partial charge on any atom is -0.433 e. The standard InChI is InChI=1S/2C3H10OSi.2Al.4BrH/c2*1-5(2,3)4;;;;;;/h2*4H,1-3H3;;;4*1H/q;;2*+2;;;;/p-4. The Morgan fingerprint density at radius 1 is 0.625 bits per heavy atom. The first-order valence-corrected chi connectivity index (χ1v) is 23.9. The second kappa shape index (κ2) is 18.3. The summed E-state index contributed by atoms with van der Waals surface area (Å²) in [7, 11) is -3.22. The molecule has 2 N–H and O–H groups in total. The first-order valence-electron chi connectivity index (χ1n) is 4.32. The highest BCUT2D eigenvalue weighted by molar-refractivity contribution is 9.47. The topological polar surface area (TPSA) is 40.5 Å². The molecular formula is C6H20Al2Br4O2Si2. The van der Waals surface area contributed by atoms with Gasteiger partial charge in [0.05, 0.1) is 0 Å². The van der Waals surface area contributed by atoms with Crippen molar-refractivity contribution >= 4 is 96.0 Å². The molecule has 0 atom stereocenters. The zero-order chi connectivity index (χ0) is 14.4. The first-order chi connectivity index (χ1) is 6.83. The molecule has 98 valence electrons. The normalized spacial score (nSPS) is 9.25. The zero-order valence-corrected chi connectivity index (χ0v) is 21.2. The van der Waals surface area contributed by atoms with Gasteiger partial charge in [0.1, 0.15) is 0 Å². The predicted octanol–water partition coefficient (Wildman–Crippen LogP) is 4.25. The third kappa shape index (κ3) is 415. The van der Waals surface area contributed by atoms with Gasteiger partial charge in [0, 0.05) is 0 Å². The average molecular weight is 554 g/mol. The molecule has 0 aromatic carbocycles. The SMILES string of the molecule is C[Si](C)(C)O.C[Si](C)(C)O.[Br][Al][Br].[Br][Al][Br]. The van der Waals surface area contributed by atoms with Crippen molar-refractivity contribution < 1.29 is 9.59 Å². The molecule has 0 aliphatic rings. The summed E-state index contributed by atoms with van der Waals surface area (Å²) in [5.41, 5.74) is 0. The third-order valence-electron chi connectivity index (χ3n) is 0. The van der Waals surface area contributed by atoms with Crippen molar-refractivity contribution in [3.8, 4) is 0 Å². The van der Waals surface area contributed by atoms with Gasteiger partial charge in [-0.25, -0.2) is 56.2 Å². The maximum absolute atomic E-state index is 8.66. The fourth-order valence-corrected chi connectivity index (χ4v) is 0. The zero-order valence-electron chi connectivity index (χ0n) is 10.6. The monoisotopic (exact) mass is 550 g/mol. The average Bonchev–Trinajstić information content (AvgIpc) is 1.79. The highest BCUT2D eigenvalue weighted by Crippen LogP contribution is 1.89. The Hall–Kier alpha value is 3.34. The summed E-state index contributed by atoms with van der Waals surface area (Å²) in [6.45, 7) is 11.3. The van der Waals surface area contributed by atoms with E-state index in [9.17, 15) is 0 Å². The molecule has 10 heteroatoms. The first kappa shape index (κ1) is 27.6. The fraction of sp³-hybridized carbons (Fsp3) is 1.00. The predicted molar refractivity (Wildman–Crippen MR) is 98.3 cm³/mol. The Morgan fingerprint density at radius 3 is 0.625 bits per heavy atom. The van der Waals surface area contributed by atoms with Crippen LogP contribution in [0.4, 0.5) is 0 Å². The third-order valence-corrected chi connectivity index (χ3v) is 0. The fourth-order valence-electron chi connectivity index (χ4n) is 0. The summed E-state index contributed by atoms with van der Waals surface area (Å²) >= 11 is 13.3. The van der Waals surface area contributed by atoms with Gasteiger partial charge in [0.15, 0.2) is 16.6 Å². The molecule has 2 nitrogen and oxygen atoms in total. The van der Waals surface area contributed by atoms with E-state index in [1.165, 1.54) is 0 Å². The minimum absolute atomic E-state index is 0.375. The van der Waals surface area contributed by atoms with Crippen molar-refractivity contribution in [1.82, 2.24) is 0 Å². The summed E-state index contributed by atoms with van der Waals surface area (Å²) in [6, 6.07) is 0. The van der Waals surface area contributed by atoms with E-state index < -0.39 is 16.6 Å². The lowest BCUT2D eigenvalue weighted by Crippen LogP contribution is -2.17. The molecule has 0 saturated heterocycles. The Balaban J connectivity index is -0.0000000621. The van der Waals surface area contributed by atoms with E-state index in [0.717, 1.165) is 0 Å². The molecule has 0 fully saturated rings. The van der Waals surface area contributed by atoms with Crippen LogP contribution in [0.1, 0.15) is 0 Å². The second-order valence-electron chi connectivity index (χ2n) is 4.51. The summed E-state index contributed by atoms with van der Waals surface area (Å²) < 4.78 is 0. The van der Waals surface area contributed by atoms with Gasteiger partial charge in [-0.15, -0.1) is 0 Å². The smallest absolute Gasteiger partial charge is 0.424 e. The minimum atomic E-state index is -1.61. The van der Waals surface area contributed by atoms with Crippen LogP contribution >= 0.6 is 56.2 Å². The number of hydrogen-bond donors (Lipinski definition) is 2. The molecule has 0 aromatic heterocycles. The molecule has 0 amide bonds. The largest absolute Gasteiger partial charge is 0.433 e. The van der Waals surface area contributed by atoms with Crippen LogP contribution in [0.25, 0.3) is 0 Å². The van der Waals surface area contributed by atoms with E-state index >= 15 is 0 Å². The molecule has 0 aliphatic carbocycles. The van der Waals surface area contributed by atoms with Crippen LogP contribution in [-0.4, -0.2) is 49.4 Å². The van der Waals surface area contributed by atoms with Crippen LogP contribution in [0.3, 0.4) is 0 Å². The summed E-state index contributed by atoms with van der Waals surface area (Å²) in [5.74, 6) is 0. The van der Waals surface area contributed by atoms with Crippen molar-refractivity contribution in [2.24, 2.45) is 0 Å². The molecule has 2 radical (unpaired) electrons. The van der Waals surface area contributed by atoms with Crippen molar-refractivity contribution in [1.29, 1.82) is 0 Å². The van der Waals surface area contributed by atoms with Crippen molar-refractivity contribution in [2.45, 2.75) is 39.3 Å². The van der Waals surface area contributed by atoms with Gasteiger partial charge in [0.25, 0.3) is 0 Å². The molecule has 0 aliphatic heterocycles.